The first-order valence-corrected chi connectivity index (χ1v) is 9.13. The maximum Gasteiger partial charge on any atom is 0.274 e. The fraction of sp³-hybridized carbons (Fsp3) is 0.562. The fourth-order valence-electron chi connectivity index (χ4n) is 3.65. The van der Waals surface area contributed by atoms with E-state index >= 15 is 0 Å². The SMILES string of the molecule is Cc1cc(C(=O)N2CCC[C@]3(C[C@@H](Nc4nccs4)CO3)C2)n[nH]1. The number of piperidine rings is 1. The summed E-state index contributed by atoms with van der Waals surface area (Å²) in [5, 5.41) is 13.3. The molecule has 2 aromatic heterocycles. The van der Waals surface area contributed by atoms with E-state index in [1.165, 1.54) is 0 Å². The van der Waals surface area contributed by atoms with E-state index in [4.69, 9.17) is 4.74 Å². The number of hydrogen-bond acceptors (Lipinski definition) is 6. The van der Waals surface area contributed by atoms with Crippen LogP contribution in [0.2, 0.25) is 0 Å². The zero-order valence-electron chi connectivity index (χ0n) is 13.6. The molecule has 0 bridgehead atoms. The Morgan fingerprint density at radius 3 is 3.25 bits per heavy atom. The molecule has 2 N–H and O–H groups in total. The van der Waals surface area contributed by atoms with Crippen LogP contribution in [-0.2, 0) is 4.74 Å². The first kappa shape index (κ1) is 15.6. The second-order valence-electron chi connectivity index (χ2n) is 6.64. The number of nitrogens with one attached hydrogen (secondary N) is 2. The summed E-state index contributed by atoms with van der Waals surface area (Å²) in [7, 11) is 0. The number of carbonyl (C=O) groups is 1. The van der Waals surface area contributed by atoms with Crippen molar-refractivity contribution in [3.63, 3.8) is 0 Å². The Kier molecular flexibility index (Phi) is 4.01. The van der Waals surface area contributed by atoms with Crippen molar-refractivity contribution in [2.75, 3.05) is 25.0 Å². The van der Waals surface area contributed by atoms with Crippen LogP contribution in [0.3, 0.4) is 0 Å². The standard InChI is InChI=1S/C16H21N5O2S/c1-11-7-13(20-19-11)14(22)21-5-2-3-16(10-21)8-12(9-23-16)18-15-17-4-6-24-15/h4,6-7,12H,2-3,5,8-10H2,1H3,(H,17,18)(H,19,20)/t12-,16+/m1/s1. The number of aromatic nitrogens is 3. The van der Waals surface area contributed by atoms with E-state index in [-0.39, 0.29) is 17.6 Å². The Bertz CT molecular complexity index is 716. The van der Waals surface area contributed by atoms with Gasteiger partial charge in [-0.3, -0.25) is 9.89 Å². The monoisotopic (exact) mass is 347 g/mol. The summed E-state index contributed by atoms with van der Waals surface area (Å²) >= 11 is 1.60. The number of anilines is 1. The number of carbonyl (C=O) groups excluding carboxylic acids is 1. The number of aromatic amines is 1. The predicted octanol–water partition coefficient (Wildman–Crippen LogP) is 2.05. The van der Waals surface area contributed by atoms with E-state index in [0.717, 1.165) is 36.6 Å². The van der Waals surface area contributed by atoms with Crippen LogP contribution in [0.15, 0.2) is 17.6 Å². The normalized spacial score (nSPS) is 26.9. The molecule has 24 heavy (non-hydrogen) atoms. The van der Waals surface area contributed by atoms with E-state index in [0.29, 0.717) is 18.8 Å². The number of likely N-dealkylation sites (tertiary alicyclic amines) is 1. The van der Waals surface area contributed by atoms with Gasteiger partial charge in [-0.1, -0.05) is 0 Å². The van der Waals surface area contributed by atoms with E-state index in [2.05, 4.69) is 20.5 Å². The van der Waals surface area contributed by atoms with Gasteiger partial charge in [0, 0.05) is 30.2 Å². The number of aryl methyl sites for hydroxylation is 1. The quantitative estimate of drug-likeness (QED) is 0.888. The molecule has 2 aliphatic heterocycles. The maximum atomic E-state index is 12.7. The van der Waals surface area contributed by atoms with Crippen LogP contribution in [0.1, 0.15) is 35.4 Å². The third-order valence-electron chi connectivity index (χ3n) is 4.72. The molecule has 0 radical (unpaired) electrons. The summed E-state index contributed by atoms with van der Waals surface area (Å²) in [5.41, 5.74) is 1.14. The lowest BCUT2D eigenvalue weighted by molar-refractivity contribution is -0.0448. The lowest BCUT2D eigenvalue weighted by Crippen LogP contribution is -2.50. The highest BCUT2D eigenvalue weighted by Gasteiger charge is 2.45. The molecule has 0 saturated carbocycles. The Morgan fingerprint density at radius 1 is 1.58 bits per heavy atom. The second-order valence-corrected chi connectivity index (χ2v) is 7.54. The van der Waals surface area contributed by atoms with Gasteiger partial charge in [0.1, 0.15) is 5.69 Å². The minimum atomic E-state index is -0.242. The van der Waals surface area contributed by atoms with E-state index in [9.17, 15) is 4.79 Å². The van der Waals surface area contributed by atoms with Gasteiger partial charge in [-0.2, -0.15) is 5.10 Å². The Morgan fingerprint density at radius 2 is 2.50 bits per heavy atom. The van der Waals surface area contributed by atoms with Crippen molar-refractivity contribution >= 4 is 22.4 Å². The number of amides is 1. The Hall–Kier alpha value is -1.93. The van der Waals surface area contributed by atoms with E-state index in [1.807, 2.05) is 17.2 Å². The molecule has 4 rings (SSSR count). The lowest BCUT2D eigenvalue weighted by atomic mass is 9.88. The molecule has 128 valence electrons. The van der Waals surface area contributed by atoms with Crippen molar-refractivity contribution in [3.8, 4) is 0 Å². The third-order valence-corrected chi connectivity index (χ3v) is 5.43. The Balaban J connectivity index is 1.42. The zero-order chi connectivity index (χ0) is 16.6. The van der Waals surface area contributed by atoms with Crippen molar-refractivity contribution < 1.29 is 9.53 Å². The smallest absolute Gasteiger partial charge is 0.274 e. The van der Waals surface area contributed by atoms with Crippen molar-refractivity contribution in [1.29, 1.82) is 0 Å². The largest absolute Gasteiger partial charge is 0.371 e. The average Bonchev–Trinajstić information content (AvgIpc) is 3.30. The molecule has 2 fully saturated rings. The van der Waals surface area contributed by atoms with Gasteiger partial charge < -0.3 is 15.0 Å². The highest BCUT2D eigenvalue weighted by molar-refractivity contribution is 7.13. The molecule has 0 aliphatic carbocycles. The number of ether oxygens (including phenoxy) is 1. The van der Waals surface area contributed by atoms with Gasteiger partial charge >= 0.3 is 0 Å². The summed E-state index contributed by atoms with van der Waals surface area (Å²) in [6, 6.07) is 2.05. The molecular weight excluding hydrogens is 326 g/mol. The molecule has 1 amide bonds. The molecule has 2 aliphatic rings. The third kappa shape index (κ3) is 3.03. The minimum absolute atomic E-state index is 0.0154. The number of nitrogens with zero attached hydrogens (tertiary/aromatic N) is 3. The molecule has 0 unspecified atom stereocenters. The Labute approximate surface area is 144 Å². The second kappa shape index (κ2) is 6.18. The molecule has 4 heterocycles. The van der Waals surface area contributed by atoms with Gasteiger partial charge in [0.2, 0.25) is 0 Å². The van der Waals surface area contributed by atoms with Crippen LogP contribution in [0.5, 0.6) is 0 Å². The molecule has 2 atom stereocenters. The van der Waals surface area contributed by atoms with Crippen molar-refractivity contribution in [2.24, 2.45) is 0 Å². The molecular formula is C16H21N5O2S. The van der Waals surface area contributed by atoms with E-state index < -0.39 is 0 Å². The minimum Gasteiger partial charge on any atom is -0.371 e. The van der Waals surface area contributed by atoms with Crippen molar-refractivity contribution in [3.05, 3.63) is 29.0 Å². The maximum absolute atomic E-state index is 12.7. The van der Waals surface area contributed by atoms with Gasteiger partial charge in [-0.15, -0.1) is 11.3 Å². The summed E-state index contributed by atoms with van der Waals surface area (Å²) in [5.74, 6) is -0.0154. The summed E-state index contributed by atoms with van der Waals surface area (Å²) < 4.78 is 6.16. The highest BCUT2D eigenvalue weighted by Crippen LogP contribution is 2.36. The van der Waals surface area contributed by atoms with Gasteiger partial charge in [0.25, 0.3) is 5.91 Å². The van der Waals surface area contributed by atoms with Gasteiger partial charge in [-0.05, 0) is 25.8 Å². The lowest BCUT2D eigenvalue weighted by Gasteiger charge is -2.39. The first-order valence-electron chi connectivity index (χ1n) is 8.25. The molecule has 2 aromatic rings. The first-order chi connectivity index (χ1) is 11.6. The average molecular weight is 347 g/mol. The van der Waals surface area contributed by atoms with Crippen LogP contribution in [0, 0.1) is 6.92 Å². The topological polar surface area (TPSA) is 83.1 Å². The van der Waals surface area contributed by atoms with Crippen LogP contribution < -0.4 is 5.32 Å². The number of hydrogen-bond donors (Lipinski definition) is 2. The van der Waals surface area contributed by atoms with Gasteiger partial charge in [0.15, 0.2) is 5.13 Å². The van der Waals surface area contributed by atoms with Gasteiger partial charge in [-0.25, -0.2) is 4.98 Å². The van der Waals surface area contributed by atoms with E-state index in [1.54, 1.807) is 23.6 Å². The number of rotatable bonds is 3. The van der Waals surface area contributed by atoms with Crippen LogP contribution in [0.25, 0.3) is 0 Å². The highest BCUT2D eigenvalue weighted by atomic mass is 32.1. The molecule has 7 nitrogen and oxygen atoms in total. The molecule has 8 heteroatoms. The number of thiazole rings is 1. The number of H-pyrrole nitrogens is 1. The summed E-state index contributed by atoms with van der Waals surface area (Å²) in [6.07, 6.45) is 4.65. The van der Waals surface area contributed by atoms with Crippen LogP contribution in [-0.4, -0.2) is 57.3 Å². The molecule has 0 aromatic carbocycles. The molecule has 2 saturated heterocycles. The summed E-state index contributed by atoms with van der Waals surface area (Å²) in [6.45, 7) is 3.95. The molecule has 1 spiro atoms. The van der Waals surface area contributed by atoms with Crippen LogP contribution >= 0.6 is 11.3 Å². The predicted molar refractivity (Wildman–Crippen MR) is 91.3 cm³/mol. The van der Waals surface area contributed by atoms with Crippen molar-refractivity contribution in [2.45, 2.75) is 37.8 Å². The summed E-state index contributed by atoms with van der Waals surface area (Å²) in [4.78, 5) is 18.8. The van der Waals surface area contributed by atoms with Gasteiger partial charge in [0.05, 0.1) is 24.8 Å². The van der Waals surface area contributed by atoms with Crippen molar-refractivity contribution in [1.82, 2.24) is 20.1 Å². The zero-order valence-corrected chi connectivity index (χ0v) is 14.4. The fourth-order valence-corrected chi connectivity index (χ4v) is 4.26. The van der Waals surface area contributed by atoms with Crippen LogP contribution in [0.4, 0.5) is 5.13 Å².